The van der Waals surface area contributed by atoms with Gasteiger partial charge in [-0.2, -0.15) is 0 Å². The highest BCUT2D eigenvalue weighted by Gasteiger charge is 2.37. The molecule has 0 radical (unpaired) electrons. The molecule has 2 aromatic rings. The van der Waals surface area contributed by atoms with Crippen LogP contribution >= 0.6 is 0 Å². The van der Waals surface area contributed by atoms with E-state index in [1.807, 2.05) is 39.0 Å². The van der Waals surface area contributed by atoms with E-state index in [2.05, 4.69) is 30.7 Å². The van der Waals surface area contributed by atoms with Gasteiger partial charge < -0.3 is 4.57 Å². The SMILES string of the molecule is Cc1ccccc1N1C(=O)NC(=O)/C(=C\c2cc(C)n(C(C)(C)C)c2C)C1=O. The molecule has 1 aliphatic heterocycles. The highest BCUT2D eigenvalue weighted by molar-refractivity contribution is 6.39. The second-order valence-corrected chi connectivity index (χ2v) is 8.08. The van der Waals surface area contributed by atoms with E-state index < -0.39 is 17.8 Å². The summed E-state index contributed by atoms with van der Waals surface area (Å²) in [6.07, 6.45) is 1.57. The summed E-state index contributed by atoms with van der Waals surface area (Å²) >= 11 is 0. The molecule has 146 valence electrons. The number of carbonyl (C=O) groups is 3. The Labute approximate surface area is 164 Å². The van der Waals surface area contributed by atoms with Gasteiger partial charge in [0.15, 0.2) is 0 Å². The minimum atomic E-state index is -0.735. The standard InChI is InChI=1S/C22H25N3O3/c1-13-9-7-8-10-18(13)24-20(27)17(19(26)23-21(24)28)12-16-11-14(2)25(15(16)3)22(4,5)6/h7-12H,1-6H3,(H,23,26,28)/b17-12+. The molecule has 1 N–H and O–H groups in total. The molecule has 0 spiro atoms. The number of rotatable bonds is 2. The Morgan fingerprint density at radius 3 is 2.21 bits per heavy atom. The van der Waals surface area contributed by atoms with Crippen LogP contribution in [0.3, 0.4) is 0 Å². The van der Waals surface area contributed by atoms with Gasteiger partial charge in [0.2, 0.25) is 0 Å². The van der Waals surface area contributed by atoms with Crippen molar-refractivity contribution in [1.29, 1.82) is 0 Å². The smallest absolute Gasteiger partial charge is 0.335 e. The summed E-state index contributed by atoms with van der Waals surface area (Å²) in [5, 5.41) is 2.28. The van der Waals surface area contributed by atoms with Crippen LogP contribution in [0.5, 0.6) is 0 Å². The summed E-state index contributed by atoms with van der Waals surface area (Å²) in [6, 6.07) is 8.29. The van der Waals surface area contributed by atoms with Gasteiger partial charge in [0.25, 0.3) is 11.8 Å². The molecule has 3 rings (SSSR count). The Morgan fingerprint density at radius 2 is 1.64 bits per heavy atom. The summed E-state index contributed by atoms with van der Waals surface area (Å²) in [4.78, 5) is 38.9. The number of urea groups is 1. The topological polar surface area (TPSA) is 71.4 Å². The zero-order valence-corrected chi connectivity index (χ0v) is 17.1. The van der Waals surface area contributed by atoms with Crippen molar-refractivity contribution in [3.8, 4) is 0 Å². The average molecular weight is 379 g/mol. The van der Waals surface area contributed by atoms with Gasteiger partial charge in [-0.3, -0.25) is 14.9 Å². The largest absolute Gasteiger partial charge is 0.343 e. The van der Waals surface area contributed by atoms with Gasteiger partial charge in [-0.1, -0.05) is 18.2 Å². The first kappa shape index (κ1) is 19.6. The average Bonchev–Trinajstić information content (AvgIpc) is 2.86. The number of anilines is 1. The molecule has 0 saturated carbocycles. The maximum Gasteiger partial charge on any atom is 0.335 e. The number of para-hydroxylation sites is 1. The lowest BCUT2D eigenvalue weighted by molar-refractivity contribution is -0.122. The van der Waals surface area contributed by atoms with Crippen LogP contribution < -0.4 is 10.2 Å². The van der Waals surface area contributed by atoms with E-state index in [0.717, 1.165) is 27.4 Å². The molecule has 28 heavy (non-hydrogen) atoms. The van der Waals surface area contributed by atoms with Gasteiger partial charge in [-0.15, -0.1) is 0 Å². The first-order valence-corrected chi connectivity index (χ1v) is 9.19. The third kappa shape index (κ3) is 3.26. The number of aromatic nitrogens is 1. The molecular weight excluding hydrogens is 354 g/mol. The van der Waals surface area contributed by atoms with Gasteiger partial charge in [0.1, 0.15) is 5.57 Å². The van der Waals surface area contributed by atoms with E-state index in [9.17, 15) is 14.4 Å². The number of benzene rings is 1. The summed E-state index contributed by atoms with van der Waals surface area (Å²) in [5.41, 5.74) is 3.81. The van der Waals surface area contributed by atoms with Crippen molar-refractivity contribution in [2.75, 3.05) is 4.90 Å². The van der Waals surface area contributed by atoms with Crippen molar-refractivity contribution in [1.82, 2.24) is 9.88 Å². The summed E-state index contributed by atoms with van der Waals surface area (Å²) in [6.45, 7) is 12.1. The lowest BCUT2D eigenvalue weighted by Gasteiger charge is -2.27. The fraction of sp³-hybridized carbons (Fsp3) is 0.318. The first-order valence-electron chi connectivity index (χ1n) is 9.19. The van der Waals surface area contributed by atoms with Crippen molar-refractivity contribution in [2.45, 2.75) is 47.1 Å². The van der Waals surface area contributed by atoms with Crippen LogP contribution in [0.15, 0.2) is 35.9 Å². The number of aryl methyl sites for hydroxylation is 2. The second-order valence-electron chi connectivity index (χ2n) is 8.08. The highest BCUT2D eigenvalue weighted by Crippen LogP contribution is 2.28. The highest BCUT2D eigenvalue weighted by atomic mass is 16.2. The van der Waals surface area contributed by atoms with Crippen molar-refractivity contribution in [3.05, 3.63) is 58.4 Å². The van der Waals surface area contributed by atoms with E-state index in [0.29, 0.717) is 5.69 Å². The van der Waals surface area contributed by atoms with Crippen LogP contribution in [0.1, 0.15) is 43.3 Å². The molecule has 1 saturated heterocycles. The molecule has 0 unspecified atom stereocenters. The monoisotopic (exact) mass is 379 g/mol. The Bertz CT molecular complexity index is 1020. The van der Waals surface area contributed by atoms with E-state index in [-0.39, 0.29) is 11.1 Å². The number of imide groups is 2. The fourth-order valence-corrected chi connectivity index (χ4v) is 3.81. The second kappa shape index (κ2) is 6.78. The number of hydrogen-bond acceptors (Lipinski definition) is 3. The van der Waals surface area contributed by atoms with Crippen LogP contribution in [0.2, 0.25) is 0 Å². The zero-order valence-electron chi connectivity index (χ0n) is 17.1. The van der Waals surface area contributed by atoms with E-state index >= 15 is 0 Å². The zero-order chi connectivity index (χ0) is 20.8. The molecule has 2 heterocycles. The van der Waals surface area contributed by atoms with Crippen molar-refractivity contribution in [2.24, 2.45) is 0 Å². The van der Waals surface area contributed by atoms with Crippen LogP contribution in [-0.2, 0) is 15.1 Å². The minimum Gasteiger partial charge on any atom is -0.343 e. The third-order valence-electron chi connectivity index (χ3n) is 4.90. The maximum atomic E-state index is 13.1. The van der Waals surface area contributed by atoms with E-state index in [1.165, 1.54) is 0 Å². The molecule has 1 aromatic carbocycles. The van der Waals surface area contributed by atoms with Crippen LogP contribution in [-0.4, -0.2) is 22.4 Å². The van der Waals surface area contributed by atoms with Gasteiger partial charge in [-0.25, -0.2) is 9.69 Å². The summed E-state index contributed by atoms with van der Waals surface area (Å²) < 4.78 is 2.16. The number of nitrogens with one attached hydrogen (secondary N) is 1. The predicted molar refractivity (Wildman–Crippen MR) is 109 cm³/mol. The Morgan fingerprint density at radius 1 is 1.00 bits per heavy atom. The maximum absolute atomic E-state index is 13.1. The van der Waals surface area contributed by atoms with E-state index in [4.69, 9.17) is 0 Å². The molecule has 6 nitrogen and oxygen atoms in total. The lowest BCUT2D eigenvalue weighted by atomic mass is 10.1. The van der Waals surface area contributed by atoms with Crippen LogP contribution in [0.25, 0.3) is 6.08 Å². The molecule has 0 bridgehead atoms. The first-order chi connectivity index (χ1) is 13.0. The minimum absolute atomic E-state index is 0.0583. The normalized spacial score (nSPS) is 16.7. The molecular formula is C22H25N3O3. The van der Waals surface area contributed by atoms with Crippen LogP contribution in [0, 0.1) is 20.8 Å². The van der Waals surface area contributed by atoms with Crippen molar-refractivity contribution in [3.63, 3.8) is 0 Å². The summed E-state index contributed by atoms with van der Waals surface area (Å²) in [5.74, 6) is -1.30. The number of carbonyl (C=O) groups excluding carboxylic acids is 3. The lowest BCUT2D eigenvalue weighted by Crippen LogP contribution is -2.54. The van der Waals surface area contributed by atoms with Crippen molar-refractivity contribution < 1.29 is 14.4 Å². The summed E-state index contributed by atoms with van der Waals surface area (Å²) in [7, 11) is 0. The number of barbiturate groups is 1. The molecule has 0 aliphatic carbocycles. The Balaban J connectivity index is 2.09. The number of nitrogens with zero attached hydrogens (tertiary/aromatic N) is 2. The molecule has 1 fully saturated rings. The molecule has 4 amide bonds. The van der Waals surface area contributed by atoms with Gasteiger partial charge >= 0.3 is 6.03 Å². The Hall–Kier alpha value is -3.15. The fourth-order valence-electron chi connectivity index (χ4n) is 3.81. The van der Waals surface area contributed by atoms with Gasteiger partial charge in [0, 0.05) is 16.9 Å². The number of hydrogen-bond donors (Lipinski definition) is 1. The quantitative estimate of drug-likeness (QED) is 0.637. The van der Waals surface area contributed by atoms with Crippen LogP contribution in [0.4, 0.5) is 10.5 Å². The molecule has 0 atom stereocenters. The Kier molecular flexibility index (Phi) is 4.75. The molecule has 1 aromatic heterocycles. The van der Waals surface area contributed by atoms with Gasteiger partial charge in [-0.05, 0) is 70.9 Å². The third-order valence-corrected chi connectivity index (χ3v) is 4.90. The van der Waals surface area contributed by atoms with Gasteiger partial charge in [0.05, 0.1) is 5.69 Å². The predicted octanol–water partition coefficient (Wildman–Crippen LogP) is 3.83. The van der Waals surface area contributed by atoms with E-state index in [1.54, 1.807) is 18.2 Å². The molecule has 1 aliphatic rings. The number of amides is 4. The van der Waals surface area contributed by atoms with Crippen molar-refractivity contribution >= 4 is 29.6 Å². The molecule has 6 heteroatoms.